The first-order chi connectivity index (χ1) is 14.0. The minimum atomic E-state index is -0.920. The van der Waals surface area contributed by atoms with Gasteiger partial charge in [-0.05, 0) is 30.3 Å². The second kappa shape index (κ2) is 7.20. The van der Waals surface area contributed by atoms with Crippen molar-refractivity contribution in [2.24, 2.45) is 0 Å². The number of nitrogens with one attached hydrogen (secondary N) is 1. The van der Waals surface area contributed by atoms with Crippen LogP contribution in [0.2, 0.25) is 0 Å². The average Bonchev–Trinajstić information content (AvgIpc) is 3.03. The second-order valence-electron chi connectivity index (χ2n) is 6.48. The molecule has 0 aliphatic carbocycles. The number of aromatic nitrogens is 1. The molecule has 7 heteroatoms. The van der Waals surface area contributed by atoms with Gasteiger partial charge in [0.2, 0.25) is 0 Å². The number of hydrogen-bond donors (Lipinski definition) is 1. The number of halogens is 1. The minimum Gasteiger partial charge on any atom is -0.343 e. The molecule has 1 aliphatic heterocycles. The molecule has 0 bridgehead atoms. The molecule has 1 fully saturated rings. The number of rotatable bonds is 4. The first kappa shape index (κ1) is 18.4. The molecule has 1 saturated heterocycles. The van der Waals surface area contributed by atoms with Crippen LogP contribution >= 0.6 is 0 Å². The van der Waals surface area contributed by atoms with Crippen molar-refractivity contribution in [3.8, 4) is 0 Å². The lowest BCUT2D eigenvalue weighted by Gasteiger charge is -2.26. The number of hydrogen-bond acceptors (Lipinski definition) is 3. The van der Waals surface area contributed by atoms with E-state index < -0.39 is 23.7 Å². The van der Waals surface area contributed by atoms with Crippen molar-refractivity contribution < 1.29 is 18.8 Å². The van der Waals surface area contributed by atoms with Crippen LogP contribution in [-0.2, 0) is 16.1 Å². The number of imide groups is 2. The van der Waals surface area contributed by atoms with E-state index in [1.165, 1.54) is 24.3 Å². The fraction of sp³-hybridized carbons (Fsp3) is 0.0455. The molecule has 2 heterocycles. The van der Waals surface area contributed by atoms with Crippen LogP contribution in [0.15, 0.2) is 73.0 Å². The molecule has 29 heavy (non-hydrogen) atoms. The number of nitrogens with zero attached hydrogens (tertiary/aromatic N) is 2. The average molecular weight is 389 g/mol. The molecular formula is C22H16FN3O3. The van der Waals surface area contributed by atoms with Crippen molar-refractivity contribution in [1.82, 2.24) is 9.88 Å². The number of barbiturate groups is 1. The summed E-state index contributed by atoms with van der Waals surface area (Å²) in [7, 11) is 0. The zero-order valence-corrected chi connectivity index (χ0v) is 15.3. The molecule has 0 atom stereocenters. The number of urea groups is 1. The number of fused-ring (bicyclic) bond motifs is 1. The summed E-state index contributed by atoms with van der Waals surface area (Å²) in [6.07, 6.45) is 4.99. The molecule has 4 rings (SSSR count). The maximum Gasteiger partial charge on any atom is 0.335 e. The fourth-order valence-electron chi connectivity index (χ4n) is 3.34. The van der Waals surface area contributed by atoms with E-state index in [2.05, 4.69) is 11.9 Å². The molecule has 0 radical (unpaired) electrons. The summed E-state index contributed by atoms with van der Waals surface area (Å²) < 4.78 is 15.5. The van der Waals surface area contributed by atoms with E-state index in [0.29, 0.717) is 12.1 Å². The highest BCUT2D eigenvalue weighted by Crippen LogP contribution is 2.26. The van der Waals surface area contributed by atoms with Gasteiger partial charge in [-0.3, -0.25) is 14.9 Å². The predicted octanol–water partition coefficient (Wildman–Crippen LogP) is 3.63. The highest BCUT2D eigenvalue weighted by atomic mass is 19.1. The summed E-state index contributed by atoms with van der Waals surface area (Å²) >= 11 is 0. The van der Waals surface area contributed by atoms with Crippen molar-refractivity contribution in [3.05, 3.63) is 84.3 Å². The topological polar surface area (TPSA) is 71.4 Å². The van der Waals surface area contributed by atoms with Crippen molar-refractivity contribution >= 4 is 40.5 Å². The van der Waals surface area contributed by atoms with Crippen LogP contribution in [0, 0.1) is 5.82 Å². The highest BCUT2D eigenvalue weighted by Gasteiger charge is 2.37. The summed E-state index contributed by atoms with van der Waals surface area (Å²) in [6.45, 7) is 4.29. The molecule has 1 N–H and O–H groups in total. The third-order valence-electron chi connectivity index (χ3n) is 4.61. The quantitative estimate of drug-likeness (QED) is 0.421. The Hall–Kier alpha value is -4.00. The van der Waals surface area contributed by atoms with Gasteiger partial charge in [-0.25, -0.2) is 14.1 Å². The van der Waals surface area contributed by atoms with Crippen molar-refractivity contribution in [3.63, 3.8) is 0 Å². The molecule has 1 aliphatic rings. The number of amides is 4. The molecule has 3 aromatic rings. The smallest absolute Gasteiger partial charge is 0.335 e. The summed E-state index contributed by atoms with van der Waals surface area (Å²) in [5.74, 6) is -2.21. The number of carbonyl (C=O) groups excluding carboxylic acids is 3. The standard InChI is InChI=1S/C22H16FN3O3/c1-2-10-25-13-14(17-8-3-4-9-19(17)25)11-18-20(27)24-22(29)26(21(18)28)16-7-5-6-15(23)12-16/h2-9,11-13H,1,10H2,(H,24,27,29)/b18-11+. The third-order valence-corrected chi connectivity index (χ3v) is 4.61. The number of benzene rings is 2. The maximum absolute atomic E-state index is 13.6. The molecule has 1 aromatic heterocycles. The zero-order chi connectivity index (χ0) is 20.5. The first-order valence-electron chi connectivity index (χ1n) is 8.85. The van der Waals surface area contributed by atoms with Crippen molar-refractivity contribution in [2.75, 3.05) is 4.90 Å². The van der Waals surface area contributed by atoms with Gasteiger partial charge in [-0.2, -0.15) is 0 Å². The van der Waals surface area contributed by atoms with Gasteiger partial charge in [0.25, 0.3) is 11.8 Å². The van der Waals surface area contributed by atoms with Crippen LogP contribution in [0.5, 0.6) is 0 Å². The molecule has 6 nitrogen and oxygen atoms in total. The molecule has 0 spiro atoms. The summed E-state index contributed by atoms with van der Waals surface area (Å²) in [4.78, 5) is 38.3. The Labute approximate surface area is 165 Å². The van der Waals surface area contributed by atoms with Gasteiger partial charge in [0, 0.05) is 29.2 Å². The number of para-hydroxylation sites is 1. The Morgan fingerprint density at radius 2 is 1.86 bits per heavy atom. The van der Waals surface area contributed by atoms with E-state index >= 15 is 0 Å². The van der Waals surface area contributed by atoms with Crippen LogP contribution in [0.4, 0.5) is 14.9 Å². The van der Waals surface area contributed by atoms with Crippen LogP contribution in [0.1, 0.15) is 5.56 Å². The summed E-state index contributed by atoms with van der Waals surface area (Å²) in [5, 5.41) is 2.99. The van der Waals surface area contributed by atoms with Gasteiger partial charge in [0.05, 0.1) is 5.69 Å². The molecule has 0 saturated carbocycles. The lowest BCUT2D eigenvalue weighted by atomic mass is 10.1. The Morgan fingerprint density at radius 3 is 2.62 bits per heavy atom. The minimum absolute atomic E-state index is 0.0417. The molecule has 144 valence electrons. The van der Waals surface area contributed by atoms with Crippen LogP contribution in [0.25, 0.3) is 17.0 Å². The van der Waals surface area contributed by atoms with Gasteiger partial charge in [0.1, 0.15) is 11.4 Å². The fourth-order valence-corrected chi connectivity index (χ4v) is 3.34. The van der Waals surface area contributed by atoms with Crippen LogP contribution in [-0.4, -0.2) is 22.4 Å². The van der Waals surface area contributed by atoms with E-state index in [1.54, 1.807) is 6.08 Å². The number of allylic oxidation sites excluding steroid dienone is 1. The Balaban J connectivity index is 1.82. The van der Waals surface area contributed by atoms with Crippen LogP contribution < -0.4 is 10.2 Å². The molecule has 4 amide bonds. The molecule has 0 unspecified atom stereocenters. The first-order valence-corrected chi connectivity index (χ1v) is 8.85. The summed E-state index contributed by atoms with van der Waals surface area (Å²) in [6, 6.07) is 11.7. The van der Waals surface area contributed by atoms with Gasteiger partial charge in [-0.15, -0.1) is 6.58 Å². The third kappa shape index (κ3) is 3.23. The monoisotopic (exact) mass is 389 g/mol. The second-order valence-corrected chi connectivity index (χ2v) is 6.48. The number of carbonyl (C=O) groups is 3. The van der Waals surface area contributed by atoms with E-state index in [0.717, 1.165) is 21.9 Å². The van der Waals surface area contributed by atoms with Gasteiger partial charge in [0.15, 0.2) is 0 Å². The van der Waals surface area contributed by atoms with Gasteiger partial charge in [-0.1, -0.05) is 30.3 Å². The lowest BCUT2D eigenvalue weighted by molar-refractivity contribution is -0.122. The highest BCUT2D eigenvalue weighted by molar-refractivity contribution is 6.39. The van der Waals surface area contributed by atoms with Crippen LogP contribution in [0.3, 0.4) is 0 Å². The van der Waals surface area contributed by atoms with E-state index in [1.807, 2.05) is 35.0 Å². The Morgan fingerprint density at radius 1 is 1.07 bits per heavy atom. The Bertz CT molecular complexity index is 1210. The summed E-state index contributed by atoms with van der Waals surface area (Å²) in [5.41, 5.74) is 1.39. The normalized spacial score (nSPS) is 15.8. The predicted molar refractivity (Wildman–Crippen MR) is 108 cm³/mol. The lowest BCUT2D eigenvalue weighted by Crippen LogP contribution is -2.54. The van der Waals surface area contributed by atoms with E-state index in [4.69, 9.17) is 0 Å². The van der Waals surface area contributed by atoms with E-state index in [-0.39, 0.29) is 11.3 Å². The largest absolute Gasteiger partial charge is 0.343 e. The zero-order valence-electron chi connectivity index (χ0n) is 15.3. The molecule has 2 aromatic carbocycles. The SMILES string of the molecule is C=CCn1cc(/C=C2\C(=O)NC(=O)N(c3cccc(F)c3)C2=O)c2ccccc21. The number of anilines is 1. The Kier molecular flexibility index (Phi) is 4.56. The van der Waals surface area contributed by atoms with E-state index in [9.17, 15) is 18.8 Å². The maximum atomic E-state index is 13.6. The van der Waals surface area contributed by atoms with Crippen molar-refractivity contribution in [2.45, 2.75) is 6.54 Å². The molecular weight excluding hydrogens is 373 g/mol. The van der Waals surface area contributed by atoms with Gasteiger partial charge < -0.3 is 4.57 Å². The van der Waals surface area contributed by atoms with Gasteiger partial charge >= 0.3 is 6.03 Å². The van der Waals surface area contributed by atoms with Crippen molar-refractivity contribution in [1.29, 1.82) is 0 Å².